The van der Waals surface area contributed by atoms with Crippen LogP contribution in [0.3, 0.4) is 0 Å². The summed E-state index contributed by atoms with van der Waals surface area (Å²) in [5.41, 5.74) is 0.985. The van der Waals surface area contributed by atoms with E-state index >= 15 is 0 Å². The number of rotatable bonds is 5. The molecule has 0 aliphatic heterocycles. The number of phenolic OH excluding ortho intramolecular Hbond substituents is 1. The van der Waals surface area contributed by atoms with Gasteiger partial charge in [0.2, 0.25) is 5.91 Å². The maximum absolute atomic E-state index is 12.3. The summed E-state index contributed by atoms with van der Waals surface area (Å²) in [6.45, 7) is 2.01. The number of amides is 2. The number of nitrogens with one attached hydrogen (secondary N) is 2. The molecule has 1 aromatic carbocycles. The van der Waals surface area contributed by atoms with Gasteiger partial charge in [-0.25, -0.2) is 0 Å². The Balaban J connectivity index is 1.65. The topological polar surface area (TPSA) is 91.3 Å². The van der Waals surface area contributed by atoms with Crippen molar-refractivity contribution < 1.29 is 14.7 Å². The first-order valence-electron chi connectivity index (χ1n) is 8.40. The third-order valence-corrected chi connectivity index (χ3v) is 4.78. The highest BCUT2D eigenvalue weighted by molar-refractivity contribution is 6.30. The van der Waals surface area contributed by atoms with Gasteiger partial charge in [0.1, 0.15) is 11.4 Å². The quantitative estimate of drug-likeness (QED) is 0.749. The SMILES string of the molecule is CC1(NC(=O)c2cc(NC(=O)Cc3cc(Cl)ccc3O)ccn2)CCC1. The first-order valence-corrected chi connectivity index (χ1v) is 8.78. The number of carbonyl (C=O) groups is 2. The number of halogens is 1. The number of phenols is 1. The Labute approximate surface area is 156 Å². The molecule has 0 spiro atoms. The molecule has 2 amide bonds. The second-order valence-electron chi connectivity index (χ2n) is 6.80. The lowest BCUT2D eigenvalue weighted by atomic mass is 9.78. The molecule has 136 valence electrons. The van der Waals surface area contributed by atoms with Gasteiger partial charge in [-0.2, -0.15) is 0 Å². The lowest BCUT2D eigenvalue weighted by molar-refractivity contribution is -0.115. The number of anilines is 1. The van der Waals surface area contributed by atoms with Gasteiger partial charge in [0.25, 0.3) is 5.91 Å². The van der Waals surface area contributed by atoms with Crippen LogP contribution in [0.2, 0.25) is 5.02 Å². The van der Waals surface area contributed by atoms with Crippen molar-refractivity contribution >= 4 is 29.1 Å². The fraction of sp³-hybridized carbons (Fsp3) is 0.316. The average molecular weight is 374 g/mol. The molecule has 0 bridgehead atoms. The highest BCUT2D eigenvalue weighted by atomic mass is 35.5. The maximum atomic E-state index is 12.3. The lowest BCUT2D eigenvalue weighted by Gasteiger charge is -2.39. The summed E-state index contributed by atoms with van der Waals surface area (Å²) in [6.07, 6.45) is 4.46. The normalized spacial score (nSPS) is 15.0. The fourth-order valence-corrected chi connectivity index (χ4v) is 3.07. The molecule has 0 atom stereocenters. The van der Waals surface area contributed by atoms with Gasteiger partial charge in [-0.1, -0.05) is 11.6 Å². The molecule has 2 aromatic rings. The third kappa shape index (κ3) is 4.32. The molecular formula is C19H20ClN3O3. The van der Waals surface area contributed by atoms with Crippen molar-refractivity contribution in [3.63, 3.8) is 0 Å². The second-order valence-corrected chi connectivity index (χ2v) is 7.23. The number of aromatic nitrogens is 1. The van der Waals surface area contributed by atoms with Crippen molar-refractivity contribution in [2.45, 2.75) is 38.1 Å². The molecule has 26 heavy (non-hydrogen) atoms. The lowest BCUT2D eigenvalue weighted by Crippen LogP contribution is -2.51. The van der Waals surface area contributed by atoms with Crippen LogP contribution in [0, 0.1) is 0 Å². The molecule has 0 radical (unpaired) electrons. The average Bonchev–Trinajstić information content (AvgIpc) is 2.57. The predicted octanol–water partition coefficient (Wildman–Crippen LogP) is 3.29. The van der Waals surface area contributed by atoms with Crippen molar-refractivity contribution in [2.24, 2.45) is 0 Å². The first-order chi connectivity index (χ1) is 12.3. The number of pyridine rings is 1. The fourth-order valence-electron chi connectivity index (χ4n) is 2.88. The van der Waals surface area contributed by atoms with Crippen LogP contribution in [0.25, 0.3) is 0 Å². The summed E-state index contributed by atoms with van der Waals surface area (Å²) in [4.78, 5) is 28.6. The Morgan fingerprint density at radius 2 is 2.04 bits per heavy atom. The molecule has 3 rings (SSSR count). The largest absolute Gasteiger partial charge is 0.508 e. The summed E-state index contributed by atoms with van der Waals surface area (Å²) < 4.78 is 0. The summed E-state index contributed by atoms with van der Waals surface area (Å²) >= 11 is 5.89. The van der Waals surface area contributed by atoms with Crippen LogP contribution in [0.15, 0.2) is 36.5 Å². The van der Waals surface area contributed by atoms with Crippen LogP contribution in [0.5, 0.6) is 5.75 Å². The monoisotopic (exact) mass is 373 g/mol. The Morgan fingerprint density at radius 3 is 2.73 bits per heavy atom. The van der Waals surface area contributed by atoms with Gasteiger partial charge in [0.15, 0.2) is 0 Å². The number of hydrogen-bond acceptors (Lipinski definition) is 4. The highest BCUT2D eigenvalue weighted by Gasteiger charge is 2.33. The molecule has 3 N–H and O–H groups in total. The molecule has 1 aliphatic carbocycles. The molecule has 1 aliphatic rings. The van der Waals surface area contributed by atoms with Crippen LogP contribution in [0.1, 0.15) is 42.2 Å². The van der Waals surface area contributed by atoms with E-state index in [0.29, 0.717) is 16.3 Å². The summed E-state index contributed by atoms with van der Waals surface area (Å²) in [6, 6.07) is 7.68. The van der Waals surface area contributed by atoms with Crippen LogP contribution in [0.4, 0.5) is 5.69 Å². The van der Waals surface area contributed by atoms with E-state index in [1.54, 1.807) is 18.2 Å². The van der Waals surface area contributed by atoms with Crippen LogP contribution in [-0.4, -0.2) is 27.4 Å². The van der Waals surface area contributed by atoms with E-state index < -0.39 is 0 Å². The van der Waals surface area contributed by atoms with Crippen LogP contribution < -0.4 is 10.6 Å². The molecular weight excluding hydrogens is 354 g/mol. The smallest absolute Gasteiger partial charge is 0.270 e. The minimum absolute atomic E-state index is 0.00749. The van der Waals surface area contributed by atoms with Gasteiger partial charge in [0, 0.05) is 28.0 Å². The van der Waals surface area contributed by atoms with Crippen molar-refractivity contribution in [3.8, 4) is 5.75 Å². The maximum Gasteiger partial charge on any atom is 0.270 e. The molecule has 7 heteroatoms. The second kappa shape index (κ2) is 7.33. The zero-order valence-corrected chi connectivity index (χ0v) is 15.1. The van der Waals surface area contributed by atoms with Gasteiger partial charge >= 0.3 is 0 Å². The van der Waals surface area contributed by atoms with Gasteiger partial charge in [0.05, 0.1) is 6.42 Å². The predicted molar refractivity (Wildman–Crippen MR) is 99.4 cm³/mol. The zero-order valence-electron chi connectivity index (χ0n) is 14.4. The number of aromatic hydroxyl groups is 1. The van der Waals surface area contributed by atoms with E-state index in [2.05, 4.69) is 15.6 Å². The van der Waals surface area contributed by atoms with Crippen molar-refractivity contribution in [1.82, 2.24) is 10.3 Å². The summed E-state index contributed by atoms with van der Waals surface area (Å²) in [5, 5.41) is 15.9. The summed E-state index contributed by atoms with van der Waals surface area (Å²) in [5.74, 6) is -0.574. The Bertz CT molecular complexity index is 850. The highest BCUT2D eigenvalue weighted by Crippen LogP contribution is 2.31. The molecule has 1 heterocycles. The van der Waals surface area contributed by atoms with Crippen LogP contribution >= 0.6 is 11.6 Å². The third-order valence-electron chi connectivity index (χ3n) is 4.54. The molecule has 1 fully saturated rings. The molecule has 1 saturated carbocycles. The van der Waals surface area contributed by atoms with E-state index in [0.717, 1.165) is 19.3 Å². The Morgan fingerprint density at radius 1 is 1.27 bits per heavy atom. The number of carbonyl (C=O) groups excluding carboxylic acids is 2. The standard InChI is InChI=1S/C19H20ClN3O3/c1-19(6-2-7-19)23-18(26)15-11-14(5-8-21-15)22-17(25)10-12-9-13(20)3-4-16(12)24/h3-5,8-9,11,24H,2,6-7,10H2,1H3,(H,23,26)(H,21,22,25). The van der Waals surface area contributed by atoms with E-state index in [9.17, 15) is 14.7 Å². The van der Waals surface area contributed by atoms with Crippen molar-refractivity contribution in [2.75, 3.05) is 5.32 Å². The number of nitrogens with zero attached hydrogens (tertiary/aromatic N) is 1. The Kier molecular flexibility index (Phi) is 5.13. The van der Waals surface area contributed by atoms with Gasteiger partial charge in [-0.15, -0.1) is 0 Å². The minimum atomic E-state index is -0.328. The van der Waals surface area contributed by atoms with E-state index in [-0.39, 0.29) is 35.2 Å². The first kappa shape index (κ1) is 18.2. The van der Waals surface area contributed by atoms with Crippen molar-refractivity contribution in [1.29, 1.82) is 0 Å². The van der Waals surface area contributed by atoms with Gasteiger partial charge < -0.3 is 15.7 Å². The molecule has 6 nitrogen and oxygen atoms in total. The zero-order chi connectivity index (χ0) is 18.7. The summed E-state index contributed by atoms with van der Waals surface area (Å²) in [7, 11) is 0. The minimum Gasteiger partial charge on any atom is -0.508 e. The number of hydrogen-bond donors (Lipinski definition) is 3. The molecule has 1 aromatic heterocycles. The number of benzene rings is 1. The molecule has 0 saturated heterocycles. The van der Waals surface area contributed by atoms with Gasteiger partial charge in [-0.05, 0) is 56.5 Å². The van der Waals surface area contributed by atoms with E-state index in [1.165, 1.54) is 18.3 Å². The molecule has 0 unspecified atom stereocenters. The van der Waals surface area contributed by atoms with Crippen LogP contribution in [-0.2, 0) is 11.2 Å². The Hall–Kier alpha value is -2.60. The van der Waals surface area contributed by atoms with Gasteiger partial charge in [-0.3, -0.25) is 14.6 Å². The van der Waals surface area contributed by atoms with Crippen molar-refractivity contribution in [3.05, 3.63) is 52.8 Å². The van der Waals surface area contributed by atoms with E-state index in [4.69, 9.17) is 11.6 Å². The van der Waals surface area contributed by atoms with E-state index in [1.807, 2.05) is 6.92 Å².